The lowest BCUT2D eigenvalue weighted by molar-refractivity contribution is -0.119. The van der Waals surface area contributed by atoms with Crippen molar-refractivity contribution >= 4 is 27.3 Å². The minimum absolute atomic E-state index is 0.114. The number of hydrogen-bond acceptors (Lipinski definition) is 5. The summed E-state index contributed by atoms with van der Waals surface area (Å²) in [6, 6.07) is 19.2. The summed E-state index contributed by atoms with van der Waals surface area (Å²) >= 11 is 0. The number of nitrogens with zero attached hydrogens (tertiary/aromatic N) is 2. The van der Waals surface area contributed by atoms with Crippen LogP contribution in [0, 0.1) is 20.8 Å². The molecule has 0 atom stereocenters. The van der Waals surface area contributed by atoms with Crippen LogP contribution in [0.4, 0.5) is 5.69 Å². The summed E-state index contributed by atoms with van der Waals surface area (Å²) < 4.78 is 33.6. The van der Waals surface area contributed by atoms with E-state index in [1.54, 1.807) is 43.3 Å². The van der Waals surface area contributed by atoms with Gasteiger partial charge in [-0.1, -0.05) is 23.8 Å². The third-order valence-corrected chi connectivity index (χ3v) is 7.39. The normalized spacial score (nSPS) is 11.7. The molecule has 0 fully saturated rings. The van der Waals surface area contributed by atoms with Gasteiger partial charge in [-0.2, -0.15) is 5.10 Å². The number of aryl methyl sites for hydroxylation is 3. The lowest BCUT2D eigenvalue weighted by Gasteiger charge is -2.24. The van der Waals surface area contributed by atoms with Crippen LogP contribution in [0.2, 0.25) is 0 Å². The summed E-state index contributed by atoms with van der Waals surface area (Å²) in [4.78, 5) is 13.0. The minimum atomic E-state index is -3.99. The van der Waals surface area contributed by atoms with E-state index in [0.29, 0.717) is 18.0 Å². The average molecular weight is 494 g/mol. The first kappa shape index (κ1) is 26.0. The molecule has 3 rings (SSSR count). The zero-order chi connectivity index (χ0) is 25.6. The second-order valence-corrected chi connectivity index (χ2v) is 10.1. The van der Waals surface area contributed by atoms with Crippen molar-refractivity contribution in [3.63, 3.8) is 0 Å². The molecule has 1 N–H and O–H groups in total. The van der Waals surface area contributed by atoms with Crippen molar-refractivity contribution in [3.05, 3.63) is 89.0 Å². The predicted molar refractivity (Wildman–Crippen MR) is 140 cm³/mol. The highest BCUT2D eigenvalue weighted by Gasteiger charge is 2.27. The second kappa shape index (κ2) is 11.2. The first-order valence-corrected chi connectivity index (χ1v) is 12.8. The van der Waals surface area contributed by atoms with Gasteiger partial charge in [-0.15, -0.1) is 0 Å². The molecule has 0 unspecified atom stereocenters. The van der Waals surface area contributed by atoms with Gasteiger partial charge in [0.2, 0.25) is 0 Å². The van der Waals surface area contributed by atoms with Gasteiger partial charge in [-0.25, -0.2) is 13.8 Å². The number of rotatable bonds is 9. The number of nitrogens with one attached hydrogen (secondary N) is 1. The average Bonchev–Trinajstić information content (AvgIpc) is 2.83. The van der Waals surface area contributed by atoms with Gasteiger partial charge in [0.1, 0.15) is 12.3 Å². The molecule has 3 aromatic rings. The van der Waals surface area contributed by atoms with E-state index in [1.807, 2.05) is 58.0 Å². The molecule has 0 aromatic heterocycles. The molecule has 0 bridgehead atoms. The fraction of sp³-hybridized carbons (Fsp3) is 0.259. The zero-order valence-electron chi connectivity index (χ0n) is 20.7. The number of carbonyl (C=O) groups excluding carboxylic acids is 1. The number of ether oxygens (including phenoxy) is 1. The van der Waals surface area contributed by atoms with E-state index in [-0.39, 0.29) is 4.90 Å². The lowest BCUT2D eigenvalue weighted by atomic mass is 10.1. The summed E-state index contributed by atoms with van der Waals surface area (Å²) in [5.74, 6) is 0.197. The van der Waals surface area contributed by atoms with Crippen molar-refractivity contribution in [1.82, 2.24) is 5.43 Å². The first-order chi connectivity index (χ1) is 16.6. The second-order valence-electron chi connectivity index (χ2n) is 8.28. The van der Waals surface area contributed by atoms with Crippen molar-refractivity contribution in [1.29, 1.82) is 0 Å². The fourth-order valence-electron chi connectivity index (χ4n) is 3.37. The predicted octanol–water partition coefficient (Wildman–Crippen LogP) is 4.75. The van der Waals surface area contributed by atoms with Crippen LogP contribution < -0.4 is 14.5 Å². The summed E-state index contributed by atoms with van der Waals surface area (Å²) in [5.41, 5.74) is 7.20. The molecule has 1 amide bonds. The third-order valence-electron chi connectivity index (χ3n) is 5.61. The standard InChI is InChI=1S/C27H31N3O4S/c1-6-34-25-13-10-23(11-14-25)22(5)28-29-27(31)18-30(24-12-9-20(3)21(4)17-24)35(32,33)26-15-7-19(2)8-16-26/h7-17H,6,18H2,1-5H3,(H,29,31)/b28-22-. The monoisotopic (exact) mass is 493 g/mol. The van der Waals surface area contributed by atoms with Crippen molar-refractivity contribution in [2.24, 2.45) is 5.10 Å². The summed E-state index contributed by atoms with van der Waals surface area (Å²) in [6.45, 7) is 9.57. The number of anilines is 1. The van der Waals surface area contributed by atoms with E-state index in [4.69, 9.17) is 4.74 Å². The molecule has 0 aliphatic rings. The van der Waals surface area contributed by atoms with Gasteiger partial charge in [-0.3, -0.25) is 9.10 Å². The molecule has 184 valence electrons. The molecule has 7 nitrogen and oxygen atoms in total. The molecular weight excluding hydrogens is 462 g/mol. The van der Waals surface area contributed by atoms with E-state index < -0.39 is 22.5 Å². The molecule has 0 radical (unpaired) electrons. The Bertz CT molecular complexity index is 1320. The van der Waals surface area contributed by atoms with Crippen LogP contribution in [0.1, 0.15) is 36.1 Å². The van der Waals surface area contributed by atoms with E-state index in [9.17, 15) is 13.2 Å². The Labute approximate surface area is 207 Å². The van der Waals surface area contributed by atoms with Crippen LogP contribution in [-0.2, 0) is 14.8 Å². The van der Waals surface area contributed by atoms with Crippen molar-refractivity contribution in [2.75, 3.05) is 17.5 Å². The highest BCUT2D eigenvalue weighted by Crippen LogP contribution is 2.26. The number of sulfonamides is 1. The van der Waals surface area contributed by atoms with E-state index in [2.05, 4.69) is 10.5 Å². The van der Waals surface area contributed by atoms with Gasteiger partial charge < -0.3 is 4.74 Å². The van der Waals surface area contributed by atoms with Crippen molar-refractivity contribution in [2.45, 2.75) is 39.5 Å². The number of amides is 1. The van der Waals surface area contributed by atoms with Gasteiger partial charge in [0.25, 0.3) is 15.9 Å². The lowest BCUT2D eigenvalue weighted by Crippen LogP contribution is -2.39. The molecule has 0 spiro atoms. The Balaban J connectivity index is 1.85. The van der Waals surface area contributed by atoms with E-state index in [1.165, 1.54) is 0 Å². The Kier molecular flexibility index (Phi) is 8.30. The number of carbonyl (C=O) groups is 1. The topological polar surface area (TPSA) is 88.1 Å². The Morgan fingerprint density at radius 1 is 0.943 bits per heavy atom. The van der Waals surface area contributed by atoms with Crippen LogP contribution in [0.3, 0.4) is 0 Å². The van der Waals surface area contributed by atoms with Crippen LogP contribution in [0.5, 0.6) is 5.75 Å². The van der Waals surface area contributed by atoms with Gasteiger partial charge in [-0.05, 0) is 99.8 Å². The fourth-order valence-corrected chi connectivity index (χ4v) is 4.78. The summed E-state index contributed by atoms with van der Waals surface area (Å²) in [5, 5.41) is 4.17. The third kappa shape index (κ3) is 6.48. The molecule has 0 heterocycles. The SMILES string of the molecule is CCOc1ccc(/C(C)=N\NC(=O)CN(c2ccc(C)c(C)c2)S(=O)(=O)c2ccc(C)cc2)cc1. The number of hydrazone groups is 1. The van der Waals surface area contributed by atoms with E-state index >= 15 is 0 Å². The maximum atomic E-state index is 13.5. The quantitative estimate of drug-likeness (QED) is 0.344. The smallest absolute Gasteiger partial charge is 0.264 e. The molecule has 0 aliphatic heterocycles. The Morgan fingerprint density at radius 3 is 2.20 bits per heavy atom. The van der Waals surface area contributed by atoms with E-state index in [0.717, 1.165) is 32.3 Å². The summed E-state index contributed by atoms with van der Waals surface area (Å²) in [6.07, 6.45) is 0. The minimum Gasteiger partial charge on any atom is -0.494 e. The maximum absolute atomic E-state index is 13.5. The van der Waals surface area contributed by atoms with Gasteiger partial charge in [0.15, 0.2) is 0 Å². The van der Waals surface area contributed by atoms with Gasteiger partial charge >= 0.3 is 0 Å². The molecule has 0 saturated heterocycles. The first-order valence-electron chi connectivity index (χ1n) is 11.3. The largest absolute Gasteiger partial charge is 0.494 e. The highest BCUT2D eigenvalue weighted by molar-refractivity contribution is 7.92. The molecule has 3 aromatic carbocycles. The molecule has 8 heteroatoms. The number of benzene rings is 3. The maximum Gasteiger partial charge on any atom is 0.264 e. The van der Waals surface area contributed by atoms with Crippen molar-refractivity contribution < 1.29 is 17.9 Å². The summed E-state index contributed by atoms with van der Waals surface area (Å²) in [7, 11) is -3.99. The zero-order valence-corrected chi connectivity index (χ0v) is 21.5. The highest BCUT2D eigenvalue weighted by atomic mass is 32.2. The van der Waals surface area contributed by atoms with Crippen LogP contribution >= 0.6 is 0 Å². The van der Waals surface area contributed by atoms with Crippen LogP contribution in [-0.4, -0.2) is 33.2 Å². The molecular formula is C27H31N3O4S. The molecule has 0 aliphatic carbocycles. The molecule has 0 saturated carbocycles. The Morgan fingerprint density at radius 2 is 1.60 bits per heavy atom. The number of hydrogen-bond donors (Lipinski definition) is 1. The Hall–Kier alpha value is -3.65. The van der Waals surface area contributed by atoms with Gasteiger partial charge in [0.05, 0.1) is 22.9 Å². The van der Waals surface area contributed by atoms with Crippen LogP contribution in [0.25, 0.3) is 0 Å². The van der Waals surface area contributed by atoms with Gasteiger partial charge in [0, 0.05) is 0 Å². The van der Waals surface area contributed by atoms with Crippen LogP contribution in [0.15, 0.2) is 76.7 Å². The van der Waals surface area contributed by atoms with Crippen molar-refractivity contribution in [3.8, 4) is 5.75 Å². The molecule has 35 heavy (non-hydrogen) atoms.